The van der Waals surface area contributed by atoms with Crippen LogP contribution >= 0.6 is 0 Å². The molecule has 1 heterocycles. The van der Waals surface area contributed by atoms with Crippen molar-refractivity contribution in [1.82, 2.24) is 10.6 Å². The fourth-order valence-electron chi connectivity index (χ4n) is 8.01. The van der Waals surface area contributed by atoms with E-state index < -0.39 is 17.3 Å². The van der Waals surface area contributed by atoms with Gasteiger partial charge in [0, 0.05) is 17.4 Å². The quantitative estimate of drug-likeness (QED) is 0.0625. The van der Waals surface area contributed by atoms with Crippen LogP contribution in [0, 0.1) is 10.8 Å². The summed E-state index contributed by atoms with van der Waals surface area (Å²) in [5.74, 6) is -1.25. The monoisotopic (exact) mass is 703 g/mol. The fourth-order valence-corrected chi connectivity index (χ4v) is 8.01. The highest BCUT2D eigenvalue weighted by Gasteiger charge is 2.46. The molecule has 1 aliphatic heterocycles. The summed E-state index contributed by atoms with van der Waals surface area (Å²) >= 11 is 0. The highest BCUT2D eigenvalue weighted by atomic mass is 16.7. The second kappa shape index (κ2) is 22.2. The molecule has 0 aromatic heterocycles. The standard InChI is InChI=1S/C42H74N2O6/c1-6-7-8-9-10-11-12-13-14-15-16-17-18-19-20-23-29-42(30-24-25-31-42)39(47)44-34-26-21-22-27-35(34)49-36(45)28-32-43-38(46)37-40(2,3)33-48-41(4,5)50-37/h13-14,34-35,37H,6-12,15-33H2,1-5H3,(H,43,46)(H,44,47)/b14-13-. The van der Waals surface area contributed by atoms with Crippen LogP contribution < -0.4 is 10.6 Å². The van der Waals surface area contributed by atoms with Crippen molar-refractivity contribution >= 4 is 17.8 Å². The molecule has 2 aliphatic carbocycles. The number of esters is 1. The SMILES string of the molecule is CCCCCCCC/C=C\CCCCCCCCC1(C(=O)NC2CCCCC2OC(=O)CCNC(=O)C2OC(C)(C)OCC2(C)C)CCCC1. The number of allylic oxidation sites excluding steroid dienone is 2. The van der Waals surface area contributed by atoms with E-state index in [-0.39, 0.29) is 48.3 Å². The third-order valence-electron chi connectivity index (χ3n) is 11.3. The van der Waals surface area contributed by atoms with E-state index in [9.17, 15) is 14.4 Å². The number of carbonyl (C=O) groups excluding carboxylic acids is 3. The van der Waals surface area contributed by atoms with Gasteiger partial charge in [0.1, 0.15) is 12.2 Å². The summed E-state index contributed by atoms with van der Waals surface area (Å²) in [5, 5.41) is 6.24. The van der Waals surface area contributed by atoms with Crippen LogP contribution in [0.2, 0.25) is 0 Å². The Labute approximate surface area is 305 Å². The van der Waals surface area contributed by atoms with Crippen LogP contribution in [0.15, 0.2) is 12.2 Å². The first-order chi connectivity index (χ1) is 24.0. The van der Waals surface area contributed by atoms with Gasteiger partial charge in [-0.3, -0.25) is 14.4 Å². The average Bonchev–Trinajstić information content (AvgIpc) is 3.57. The van der Waals surface area contributed by atoms with Gasteiger partial charge in [0.25, 0.3) is 0 Å². The molecule has 0 spiro atoms. The van der Waals surface area contributed by atoms with Crippen molar-refractivity contribution in [2.24, 2.45) is 10.8 Å². The lowest BCUT2D eigenvalue weighted by molar-refractivity contribution is -0.304. The van der Waals surface area contributed by atoms with Crippen LogP contribution in [-0.2, 0) is 28.6 Å². The van der Waals surface area contributed by atoms with E-state index in [0.29, 0.717) is 6.61 Å². The molecule has 3 rings (SSSR count). The Balaban J connectivity index is 1.32. The summed E-state index contributed by atoms with van der Waals surface area (Å²) in [6.45, 7) is 10.3. The van der Waals surface area contributed by atoms with E-state index in [4.69, 9.17) is 14.2 Å². The summed E-state index contributed by atoms with van der Waals surface area (Å²) in [5.41, 5.74) is -0.750. The lowest BCUT2D eigenvalue weighted by atomic mass is 9.79. The zero-order valence-corrected chi connectivity index (χ0v) is 32.7. The summed E-state index contributed by atoms with van der Waals surface area (Å²) in [7, 11) is 0. The normalized spacial score (nSPS) is 24.2. The summed E-state index contributed by atoms with van der Waals surface area (Å²) in [4.78, 5) is 39.7. The van der Waals surface area contributed by atoms with Gasteiger partial charge in [-0.2, -0.15) is 0 Å². The Bertz CT molecular complexity index is 1030. The molecule has 2 N–H and O–H groups in total. The maximum Gasteiger partial charge on any atom is 0.307 e. The van der Waals surface area contributed by atoms with Crippen molar-refractivity contribution in [2.45, 2.75) is 213 Å². The number of nitrogens with one attached hydrogen (secondary N) is 2. The molecule has 0 radical (unpaired) electrons. The van der Waals surface area contributed by atoms with E-state index in [0.717, 1.165) is 64.2 Å². The van der Waals surface area contributed by atoms with Gasteiger partial charge in [0.15, 0.2) is 5.79 Å². The smallest absolute Gasteiger partial charge is 0.307 e. The molecule has 0 aromatic rings. The van der Waals surface area contributed by atoms with Crippen LogP contribution in [0.3, 0.4) is 0 Å². The van der Waals surface area contributed by atoms with Crippen LogP contribution in [0.4, 0.5) is 0 Å². The van der Waals surface area contributed by atoms with Gasteiger partial charge >= 0.3 is 5.97 Å². The topological polar surface area (TPSA) is 103 Å². The van der Waals surface area contributed by atoms with E-state index in [1.165, 1.54) is 83.5 Å². The highest BCUT2D eigenvalue weighted by molar-refractivity contribution is 5.83. The number of ether oxygens (including phenoxy) is 3. The van der Waals surface area contributed by atoms with Crippen LogP contribution in [0.25, 0.3) is 0 Å². The van der Waals surface area contributed by atoms with Gasteiger partial charge in [-0.25, -0.2) is 0 Å². The third kappa shape index (κ3) is 15.0. The van der Waals surface area contributed by atoms with Crippen LogP contribution in [-0.4, -0.2) is 55.0 Å². The Morgan fingerprint density at radius 3 is 2.04 bits per heavy atom. The maximum atomic E-state index is 13.8. The predicted molar refractivity (Wildman–Crippen MR) is 202 cm³/mol. The van der Waals surface area contributed by atoms with E-state index in [1.807, 2.05) is 13.8 Å². The van der Waals surface area contributed by atoms with Gasteiger partial charge < -0.3 is 24.8 Å². The first-order valence-corrected chi connectivity index (χ1v) is 20.7. The first-order valence-electron chi connectivity index (χ1n) is 20.7. The maximum absolute atomic E-state index is 13.8. The summed E-state index contributed by atoms with van der Waals surface area (Å²) in [6.07, 6.45) is 30.6. The van der Waals surface area contributed by atoms with Gasteiger partial charge in [0.2, 0.25) is 11.8 Å². The first kappa shape index (κ1) is 42.5. The molecule has 0 bridgehead atoms. The van der Waals surface area contributed by atoms with E-state index in [1.54, 1.807) is 13.8 Å². The summed E-state index contributed by atoms with van der Waals surface area (Å²) in [6, 6.07) is -0.147. The minimum Gasteiger partial charge on any atom is -0.460 e. The molecule has 0 aromatic carbocycles. The molecule has 3 aliphatic rings. The second-order valence-electron chi connectivity index (χ2n) is 16.8. The highest BCUT2D eigenvalue weighted by Crippen LogP contribution is 2.43. The lowest BCUT2D eigenvalue weighted by Gasteiger charge is -2.44. The van der Waals surface area contributed by atoms with E-state index in [2.05, 4.69) is 29.7 Å². The number of unbranched alkanes of at least 4 members (excludes halogenated alkanes) is 12. The molecule has 8 nitrogen and oxygen atoms in total. The number of hydrogen-bond acceptors (Lipinski definition) is 6. The molecule has 8 heteroatoms. The van der Waals surface area contributed by atoms with Gasteiger partial charge in [-0.05, 0) is 78.1 Å². The van der Waals surface area contributed by atoms with Crippen molar-refractivity contribution < 1.29 is 28.6 Å². The number of carbonyl (C=O) groups is 3. The zero-order valence-electron chi connectivity index (χ0n) is 32.7. The number of hydrogen-bond donors (Lipinski definition) is 2. The van der Waals surface area contributed by atoms with Gasteiger partial charge in [0.05, 0.1) is 19.1 Å². The predicted octanol–water partition coefficient (Wildman–Crippen LogP) is 9.63. The minimum absolute atomic E-state index is 0.0792. The molecule has 3 atom stereocenters. The zero-order chi connectivity index (χ0) is 36.3. The Morgan fingerprint density at radius 2 is 1.38 bits per heavy atom. The molecule has 3 fully saturated rings. The van der Waals surface area contributed by atoms with Crippen LogP contribution in [0.5, 0.6) is 0 Å². The second-order valence-corrected chi connectivity index (χ2v) is 16.8. The minimum atomic E-state index is -0.835. The van der Waals surface area contributed by atoms with Gasteiger partial charge in [-0.1, -0.05) is 116 Å². The van der Waals surface area contributed by atoms with Crippen molar-refractivity contribution in [1.29, 1.82) is 0 Å². The van der Waals surface area contributed by atoms with Crippen molar-refractivity contribution in [2.75, 3.05) is 13.2 Å². The third-order valence-corrected chi connectivity index (χ3v) is 11.3. The lowest BCUT2D eigenvalue weighted by Crippen LogP contribution is -2.56. The van der Waals surface area contributed by atoms with Crippen molar-refractivity contribution in [3.8, 4) is 0 Å². The fraction of sp³-hybridized carbons (Fsp3) is 0.881. The Morgan fingerprint density at radius 1 is 0.780 bits per heavy atom. The number of rotatable bonds is 23. The van der Waals surface area contributed by atoms with E-state index >= 15 is 0 Å². The van der Waals surface area contributed by atoms with Crippen molar-refractivity contribution in [3.05, 3.63) is 12.2 Å². The van der Waals surface area contributed by atoms with Gasteiger partial charge in [-0.15, -0.1) is 0 Å². The van der Waals surface area contributed by atoms with Crippen LogP contribution in [0.1, 0.15) is 189 Å². The largest absolute Gasteiger partial charge is 0.460 e. The molecule has 50 heavy (non-hydrogen) atoms. The molecule has 2 saturated carbocycles. The Kier molecular flexibility index (Phi) is 18.9. The molecular formula is C42H74N2O6. The summed E-state index contributed by atoms with van der Waals surface area (Å²) < 4.78 is 17.6. The Hall–Kier alpha value is -1.93. The number of amides is 2. The molecule has 1 saturated heterocycles. The molecule has 3 unspecified atom stereocenters. The molecular weight excluding hydrogens is 628 g/mol. The molecule has 2 amide bonds. The average molecular weight is 703 g/mol. The van der Waals surface area contributed by atoms with Crippen molar-refractivity contribution in [3.63, 3.8) is 0 Å². The molecule has 288 valence electrons.